The normalized spacial score (nSPS) is 22.3. The monoisotopic (exact) mass is 750 g/mol. The van der Waals surface area contributed by atoms with E-state index < -0.39 is 44.2 Å². The lowest BCUT2D eigenvalue weighted by Crippen LogP contribution is -2.51. The smallest absolute Gasteiger partial charge is 0.410 e. The van der Waals surface area contributed by atoms with Gasteiger partial charge in [-0.15, -0.1) is 0 Å². The van der Waals surface area contributed by atoms with Crippen LogP contribution >= 0.6 is 0 Å². The number of nitrogens with zero attached hydrogens (tertiary/aromatic N) is 5. The van der Waals surface area contributed by atoms with Crippen LogP contribution < -0.4 is 10.2 Å². The first-order valence-corrected chi connectivity index (χ1v) is 17.7. The zero-order valence-corrected chi connectivity index (χ0v) is 31.0. The molecular formula is C36H49F3N6O8. The van der Waals surface area contributed by atoms with E-state index in [1.54, 1.807) is 9.80 Å². The molecular weight excluding hydrogens is 701 g/mol. The van der Waals surface area contributed by atoms with E-state index in [2.05, 4.69) is 5.32 Å². The summed E-state index contributed by atoms with van der Waals surface area (Å²) in [5.74, 6) is -2.26. The number of nitro benzene ring substituents is 2. The third-order valence-electron chi connectivity index (χ3n) is 9.46. The number of likely N-dealkylation sites (tertiary alicyclic amines) is 2. The summed E-state index contributed by atoms with van der Waals surface area (Å²) in [6.07, 6.45) is 3.42. The summed E-state index contributed by atoms with van der Waals surface area (Å²) in [5, 5.41) is 24.6. The van der Waals surface area contributed by atoms with E-state index in [-0.39, 0.29) is 29.6 Å². The summed E-state index contributed by atoms with van der Waals surface area (Å²) in [6, 6.07) is 6.91. The van der Waals surface area contributed by atoms with Gasteiger partial charge in [0.2, 0.25) is 5.82 Å². The number of amides is 2. The maximum Gasteiger partial charge on any atom is 0.410 e. The van der Waals surface area contributed by atoms with Gasteiger partial charge in [-0.05, 0) is 97.7 Å². The van der Waals surface area contributed by atoms with E-state index in [0.29, 0.717) is 37.5 Å². The van der Waals surface area contributed by atoms with Crippen molar-refractivity contribution in [1.82, 2.24) is 15.1 Å². The lowest BCUT2D eigenvalue weighted by molar-refractivity contribution is -0.387. The molecule has 292 valence electrons. The molecule has 1 N–H and O–H groups in total. The lowest BCUT2D eigenvalue weighted by atomic mass is 9.91. The molecule has 4 atom stereocenters. The number of para-hydroxylation sites is 1. The molecule has 4 fully saturated rings. The van der Waals surface area contributed by atoms with Crippen LogP contribution in [0, 0.1) is 49.5 Å². The highest BCUT2D eigenvalue weighted by atomic mass is 19.2. The Morgan fingerprint density at radius 2 is 1.23 bits per heavy atom. The molecule has 2 aromatic carbocycles. The van der Waals surface area contributed by atoms with Gasteiger partial charge in [0.15, 0.2) is 17.3 Å². The van der Waals surface area contributed by atoms with E-state index in [9.17, 15) is 43.0 Å². The van der Waals surface area contributed by atoms with Gasteiger partial charge in [0.25, 0.3) is 5.69 Å². The number of hydrogen-bond acceptors (Lipinski definition) is 10. The minimum absolute atomic E-state index is 0.00647. The molecule has 2 aromatic rings. The van der Waals surface area contributed by atoms with Crippen molar-refractivity contribution in [3.05, 3.63) is 74.1 Å². The molecule has 2 amide bonds. The van der Waals surface area contributed by atoms with Crippen LogP contribution in [-0.4, -0.2) is 94.4 Å². The van der Waals surface area contributed by atoms with Gasteiger partial charge in [-0.3, -0.25) is 20.2 Å². The average Bonchev–Trinajstić information content (AvgIpc) is 3.69. The summed E-state index contributed by atoms with van der Waals surface area (Å²) in [4.78, 5) is 49.5. The Morgan fingerprint density at radius 3 is 1.75 bits per heavy atom. The van der Waals surface area contributed by atoms with Crippen LogP contribution in [-0.2, 0) is 9.47 Å². The van der Waals surface area contributed by atoms with E-state index in [1.807, 2.05) is 46.4 Å². The lowest BCUT2D eigenvalue weighted by Gasteiger charge is -2.39. The molecule has 0 aliphatic carbocycles. The van der Waals surface area contributed by atoms with E-state index in [1.165, 1.54) is 24.6 Å². The number of benzene rings is 2. The minimum atomic E-state index is -1.42. The molecule has 6 rings (SSSR count). The largest absolute Gasteiger partial charge is 0.444 e. The maximum atomic E-state index is 14.4. The summed E-state index contributed by atoms with van der Waals surface area (Å²) in [6.45, 7) is 15.5. The number of fused-ring (bicyclic) bond motifs is 2. The maximum absolute atomic E-state index is 14.4. The quantitative estimate of drug-likeness (QED) is 0.254. The SMILES string of the molecule is CC(C)(C)OC(=O)N1CCC2CCN(c3c(F)cccc3[N+](=O)[O-])CC21.CC(C)(C)OC(=O)N1CCC2CCNCC21.O=[N+]([O-])c1cccc(F)c1F. The number of nitro groups is 2. The van der Waals surface area contributed by atoms with Crippen LogP contribution in [0.4, 0.5) is 39.8 Å². The van der Waals surface area contributed by atoms with Crippen LogP contribution in [0.15, 0.2) is 36.4 Å². The van der Waals surface area contributed by atoms with Gasteiger partial charge in [-0.1, -0.05) is 12.1 Å². The second-order valence-corrected chi connectivity index (χ2v) is 15.5. The van der Waals surface area contributed by atoms with Crippen LogP contribution in [0.2, 0.25) is 0 Å². The highest BCUT2D eigenvalue weighted by Gasteiger charge is 2.44. The Morgan fingerprint density at radius 1 is 0.736 bits per heavy atom. The third-order valence-corrected chi connectivity index (χ3v) is 9.46. The van der Waals surface area contributed by atoms with E-state index in [4.69, 9.17) is 9.47 Å². The average molecular weight is 751 g/mol. The molecule has 53 heavy (non-hydrogen) atoms. The molecule has 4 unspecified atom stereocenters. The number of rotatable bonds is 3. The molecule has 0 spiro atoms. The van der Waals surface area contributed by atoms with Crippen molar-refractivity contribution in [3.8, 4) is 0 Å². The molecule has 0 bridgehead atoms. The van der Waals surface area contributed by atoms with E-state index in [0.717, 1.165) is 57.1 Å². The number of nitrogens with one attached hydrogen (secondary N) is 1. The molecule has 0 radical (unpaired) electrons. The highest BCUT2D eigenvalue weighted by Crippen LogP contribution is 2.38. The number of ether oxygens (including phenoxy) is 2. The number of hydrogen-bond donors (Lipinski definition) is 1. The first kappa shape index (κ1) is 41.1. The number of carbonyl (C=O) groups excluding carboxylic acids is 2. The summed E-state index contributed by atoms with van der Waals surface area (Å²) in [7, 11) is 0. The topological polar surface area (TPSA) is 161 Å². The number of piperidine rings is 2. The molecule has 4 saturated heterocycles. The van der Waals surface area contributed by atoms with Crippen molar-refractivity contribution in [3.63, 3.8) is 0 Å². The predicted molar refractivity (Wildman–Crippen MR) is 190 cm³/mol. The van der Waals surface area contributed by atoms with Crippen molar-refractivity contribution >= 4 is 29.2 Å². The zero-order chi connectivity index (χ0) is 39.2. The van der Waals surface area contributed by atoms with Gasteiger partial charge in [0.05, 0.1) is 21.9 Å². The molecule has 4 heterocycles. The van der Waals surface area contributed by atoms with Crippen LogP contribution in [0.25, 0.3) is 0 Å². The van der Waals surface area contributed by atoms with Crippen LogP contribution in [0.3, 0.4) is 0 Å². The molecule has 0 aromatic heterocycles. The Kier molecular flexibility index (Phi) is 13.2. The summed E-state index contributed by atoms with van der Waals surface area (Å²) in [5.41, 5.74) is -2.06. The van der Waals surface area contributed by atoms with Crippen molar-refractivity contribution < 1.29 is 42.1 Å². The molecule has 0 saturated carbocycles. The third kappa shape index (κ3) is 10.7. The second-order valence-electron chi connectivity index (χ2n) is 15.5. The van der Waals surface area contributed by atoms with Gasteiger partial charge in [-0.2, -0.15) is 4.39 Å². The van der Waals surface area contributed by atoms with Crippen LogP contribution in [0.1, 0.15) is 67.2 Å². The van der Waals surface area contributed by atoms with Gasteiger partial charge in [0.1, 0.15) is 11.2 Å². The first-order valence-electron chi connectivity index (χ1n) is 17.7. The molecule has 14 nitrogen and oxygen atoms in total. The zero-order valence-electron chi connectivity index (χ0n) is 31.0. The predicted octanol–water partition coefficient (Wildman–Crippen LogP) is 7.05. The first-order chi connectivity index (χ1) is 24.8. The Hall–Kier alpha value is -4.67. The van der Waals surface area contributed by atoms with Gasteiger partial charge < -0.3 is 29.5 Å². The van der Waals surface area contributed by atoms with Crippen LogP contribution in [0.5, 0.6) is 0 Å². The van der Waals surface area contributed by atoms with Crippen molar-refractivity contribution in [2.75, 3.05) is 44.2 Å². The summed E-state index contributed by atoms with van der Waals surface area (Å²) < 4.78 is 50.0. The van der Waals surface area contributed by atoms with Crippen molar-refractivity contribution in [1.29, 1.82) is 0 Å². The fraction of sp³-hybridized carbons (Fsp3) is 0.611. The van der Waals surface area contributed by atoms with Crippen molar-refractivity contribution in [2.24, 2.45) is 11.8 Å². The van der Waals surface area contributed by atoms with Crippen molar-refractivity contribution in [2.45, 2.75) is 90.5 Å². The standard InChI is InChI=1S/C18H24FN3O4.C12H22N2O2.C6H3F2NO2/c1-18(2,3)26-17(23)21-10-8-12-7-9-20(11-15(12)21)16-13(19)5-4-6-14(16)22(24)25;1-12(2,3)16-11(15)14-7-5-9-4-6-13-8-10(9)14;7-4-2-1-3-5(6(4)8)9(10)11/h4-6,12,15H,7-11H2,1-3H3;9-10,13H,4-8H2,1-3H3;1-3H. The van der Waals surface area contributed by atoms with Gasteiger partial charge in [-0.25, -0.2) is 18.4 Å². The molecule has 4 aliphatic heterocycles. The number of anilines is 1. The number of carbonyl (C=O) groups is 2. The summed E-state index contributed by atoms with van der Waals surface area (Å²) >= 11 is 0. The Labute approximate surface area is 306 Å². The van der Waals surface area contributed by atoms with E-state index >= 15 is 0 Å². The fourth-order valence-electron chi connectivity index (χ4n) is 7.10. The second kappa shape index (κ2) is 17.0. The Bertz CT molecular complexity index is 1650. The van der Waals surface area contributed by atoms with Gasteiger partial charge >= 0.3 is 17.9 Å². The van der Waals surface area contributed by atoms with Gasteiger partial charge in [0, 0.05) is 44.9 Å². The highest BCUT2D eigenvalue weighted by molar-refractivity contribution is 5.70. The minimum Gasteiger partial charge on any atom is -0.444 e. The number of halogens is 3. The Balaban J connectivity index is 0.000000197. The fourth-order valence-corrected chi connectivity index (χ4v) is 7.10. The molecule has 4 aliphatic rings. The molecule has 17 heteroatoms.